The number of carbonyl (C=O) groups excluding carboxylic acids is 2. The molecular formula is C14H15ClN2O2. The fraction of sp³-hybridized carbons (Fsp3) is 0.286. The van der Waals surface area contributed by atoms with Gasteiger partial charge in [0.05, 0.1) is 10.6 Å². The number of benzene rings is 1. The highest BCUT2D eigenvalue weighted by Gasteiger charge is 2.19. The lowest BCUT2D eigenvalue weighted by Crippen LogP contribution is -2.44. The van der Waals surface area contributed by atoms with Crippen molar-refractivity contribution in [3.05, 3.63) is 33.8 Å². The molecular weight excluding hydrogens is 264 g/mol. The van der Waals surface area contributed by atoms with Crippen molar-refractivity contribution in [1.82, 2.24) is 5.32 Å². The first kappa shape index (κ1) is 15.1. The van der Waals surface area contributed by atoms with Crippen LogP contribution in [0.2, 0.25) is 5.02 Å². The summed E-state index contributed by atoms with van der Waals surface area (Å²) in [5.41, 5.74) is 7.37. The molecule has 2 amide bonds. The van der Waals surface area contributed by atoms with Gasteiger partial charge in [0.2, 0.25) is 5.91 Å². The molecule has 0 aliphatic heterocycles. The highest BCUT2D eigenvalue weighted by molar-refractivity contribution is 6.34. The number of terminal acetylenes is 1. The van der Waals surface area contributed by atoms with Crippen molar-refractivity contribution in [2.45, 2.75) is 26.3 Å². The number of carbonyl (C=O) groups is 2. The first-order valence-electron chi connectivity index (χ1n) is 5.67. The zero-order valence-corrected chi connectivity index (χ0v) is 11.5. The van der Waals surface area contributed by atoms with Gasteiger partial charge in [-0.1, -0.05) is 11.6 Å². The van der Waals surface area contributed by atoms with Crippen LogP contribution >= 0.6 is 11.6 Å². The van der Waals surface area contributed by atoms with Gasteiger partial charge in [-0.25, -0.2) is 0 Å². The van der Waals surface area contributed by atoms with Crippen LogP contribution in [0.15, 0.2) is 12.1 Å². The molecule has 4 nitrogen and oxygen atoms in total. The lowest BCUT2D eigenvalue weighted by atomic mass is 10.1. The van der Waals surface area contributed by atoms with E-state index in [1.807, 2.05) is 13.8 Å². The zero-order valence-electron chi connectivity index (χ0n) is 10.8. The average molecular weight is 279 g/mol. The Labute approximate surface area is 117 Å². The summed E-state index contributed by atoms with van der Waals surface area (Å²) in [5.74, 6) is 1.15. The minimum absolute atomic E-state index is 0.0452. The molecule has 0 unspecified atom stereocenters. The van der Waals surface area contributed by atoms with E-state index in [0.29, 0.717) is 10.6 Å². The number of hydrogen-bond acceptors (Lipinski definition) is 2. The number of hydrogen-bond donors (Lipinski definition) is 2. The third-order valence-corrected chi connectivity index (χ3v) is 3.11. The Morgan fingerprint density at radius 2 is 2.00 bits per heavy atom. The predicted octanol–water partition coefficient (Wildman–Crippen LogP) is 1.56. The normalized spacial score (nSPS) is 11.5. The molecule has 5 heteroatoms. The highest BCUT2D eigenvalue weighted by Crippen LogP contribution is 2.21. The Morgan fingerprint density at radius 1 is 1.42 bits per heavy atom. The Morgan fingerprint density at radius 3 is 2.53 bits per heavy atom. The van der Waals surface area contributed by atoms with Crippen molar-refractivity contribution in [3.63, 3.8) is 0 Å². The van der Waals surface area contributed by atoms with Crippen molar-refractivity contribution in [1.29, 1.82) is 0 Å². The summed E-state index contributed by atoms with van der Waals surface area (Å²) < 4.78 is 0. The largest absolute Gasteiger partial charge is 0.368 e. The molecule has 3 N–H and O–H groups in total. The molecule has 0 heterocycles. The van der Waals surface area contributed by atoms with Crippen LogP contribution in [-0.4, -0.2) is 17.9 Å². The second-order valence-electron chi connectivity index (χ2n) is 4.25. The minimum Gasteiger partial charge on any atom is -0.368 e. The molecule has 1 atom stereocenters. The second kappa shape index (κ2) is 6.26. The van der Waals surface area contributed by atoms with Crippen LogP contribution < -0.4 is 11.1 Å². The molecule has 0 aliphatic carbocycles. The molecule has 0 saturated heterocycles. The molecule has 0 radical (unpaired) electrons. The van der Waals surface area contributed by atoms with E-state index in [2.05, 4.69) is 11.2 Å². The van der Waals surface area contributed by atoms with E-state index < -0.39 is 17.9 Å². The summed E-state index contributed by atoms with van der Waals surface area (Å²) in [5, 5.41) is 2.80. The van der Waals surface area contributed by atoms with Crippen LogP contribution in [0.25, 0.3) is 0 Å². The van der Waals surface area contributed by atoms with Crippen LogP contribution in [0, 0.1) is 26.2 Å². The molecule has 1 aromatic rings. The topological polar surface area (TPSA) is 72.2 Å². The number of nitrogens with two attached hydrogens (primary N) is 1. The quantitative estimate of drug-likeness (QED) is 0.821. The summed E-state index contributed by atoms with van der Waals surface area (Å²) >= 11 is 6.02. The van der Waals surface area contributed by atoms with E-state index in [9.17, 15) is 9.59 Å². The molecule has 0 spiro atoms. The van der Waals surface area contributed by atoms with Crippen LogP contribution in [0.4, 0.5) is 0 Å². The highest BCUT2D eigenvalue weighted by atomic mass is 35.5. The number of halogens is 1. The lowest BCUT2D eigenvalue weighted by Gasteiger charge is -2.14. The van der Waals surface area contributed by atoms with E-state index in [1.54, 1.807) is 12.1 Å². The van der Waals surface area contributed by atoms with Crippen molar-refractivity contribution in [2.75, 3.05) is 0 Å². The first-order chi connectivity index (χ1) is 8.86. The van der Waals surface area contributed by atoms with Gasteiger partial charge in [0.1, 0.15) is 6.04 Å². The molecule has 1 rings (SSSR count). The van der Waals surface area contributed by atoms with Gasteiger partial charge < -0.3 is 11.1 Å². The zero-order chi connectivity index (χ0) is 14.6. The van der Waals surface area contributed by atoms with E-state index in [-0.39, 0.29) is 6.42 Å². The summed E-state index contributed by atoms with van der Waals surface area (Å²) in [6.45, 7) is 3.77. The molecule has 0 fully saturated rings. The summed E-state index contributed by atoms with van der Waals surface area (Å²) in [6.07, 6.45) is 5.17. The first-order valence-corrected chi connectivity index (χ1v) is 6.05. The Kier molecular flexibility index (Phi) is 4.96. The Balaban J connectivity index is 2.98. The Bertz CT molecular complexity index is 561. The van der Waals surface area contributed by atoms with Crippen molar-refractivity contribution >= 4 is 23.4 Å². The molecule has 0 saturated carbocycles. The van der Waals surface area contributed by atoms with Gasteiger partial charge in [-0.15, -0.1) is 12.3 Å². The van der Waals surface area contributed by atoms with Crippen LogP contribution in [-0.2, 0) is 4.79 Å². The van der Waals surface area contributed by atoms with Crippen LogP contribution in [0.1, 0.15) is 27.9 Å². The molecule has 100 valence electrons. The van der Waals surface area contributed by atoms with Crippen molar-refractivity contribution < 1.29 is 9.59 Å². The van der Waals surface area contributed by atoms with Gasteiger partial charge in [-0.2, -0.15) is 0 Å². The number of amides is 2. The van der Waals surface area contributed by atoms with Crippen molar-refractivity contribution in [3.8, 4) is 12.3 Å². The average Bonchev–Trinajstić information content (AvgIpc) is 2.32. The van der Waals surface area contributed by atoms with Crippen molar-refractivity contribution in [2.24, 2.45) is 5.73 Å². The fourth-order valence-corrected chi connectivity index (χ4v) is 1.84. The van der Waals surface area contributed by atoms with Gasteiger partial charge in [-0.05, 0) is 37.1 Å². The van der Waals surface area contributed by atoms with Crippen LogP contribution in [0.5, 0.6) is 0 Å². The van der Waals surface area contributed by atoms with E-state index in [1.165, 1.54) is 0 Å². The molecule has 0 aliphatic rings. The molecule has 19 heavy (non-hydrogen) atoms. The van der Waals surface area contributed by atoms with Gasteiger partial charge in [-0.3, -0.25) is 9.59 Å². The standard InChI is InChI=1S/C14H15ClN2O2/c1-4-5-12(13(16)18)17-14(19)10-6-8(2)9(3)7-11(10)15/h1,6-7,12H,5H2,2-3H3,(H2,16,18)(H,17,19)/t12-/m0/s1. The van der Waals surface area contributed by atoms with Crippen LogP contribution in [0.3, 0.4) is 0 Å². The predicted molar refractivity (Wildman–Crippen MR) is 74.8 cm³/mol. The maximum absolute atomic E-state index is 12.0. The van der Waals surface area contributed by atoms with Gasteiger partial charge in [0, 0.05) is 6.42 Å². The maximum Gasteiger partial charge on any atom is 0.253 e. The smallest absolute Gasteiger partial charge is 0.253 e. The van der Waals surface area contributed by atoms with Gasteiger partial charge >= 0.3 is 0 Å². The second-order valence-corrected chi connectivity index (χ2v) is 4.66. The third-order valence-electron chi connectivity index (χ3n) is 2.80. The third kappa shape index (κ3) is 3.73. The molecule has 0 aromatic heterocycles. The van der Waals surface area contributed by atoms with Gasteiger partial charge in [0.25, 0.3) is 5.91 Å². The lowest BCUT2D eigenvalue weighted by molar-refractivity contribution is -0.119. The van der Waals surface area contributed by atoms with E-state index in [0.717, 1.165) is 11.1 Å². The van der Waals surface area contributed by atoms with Gasteiger partial charge in [0.15, 0.2) is 0 Å². The summed E-state index contributed by atoms with van der Waals surface area (Å²) in [4.78, 5) is 23.2. The number of primary amides is 1. The number of rotatable bonds is 4. The summed E-state index contributed by atoms with van der Waals surface area (Å²) in [6, 6.07) is 2.47. The maximum atomic E-state index is 12.0. The Hall–Kier alpha value is -1.99. The number of aryl methyl sites for hydroxylation is 2. The molecule has 0 bridgehead atoms. The minimum atomic E-state index is -0.893. The van der Waals surface area contributed by atoms with E-state index >= 15 is 0 Å². The molecule has 1 aromatic carbocycles. The van der Waals surface area contributed by atoms with E-state index in [4.69, 9.17) is 23.8 Å². The SMILES string of the molecule is C#CC[C@H](NC(=O)c1cc(C)c(C)cc1Cl)C(N)=O. The monoisotopic (exact) mass is 278 g/mol. The number of nitrogens with one attached hydrogen (secondary N) is 1. The summed E-state index contributed by atoms with van der Waals surface area (Å²) in [7, 11) is 0. The fourth-order valence-electron chi connectivity index (χ4n) is 1.53.